The Balaban J connectivity index is 4.17. The van der Waals surface area contributed by atoms with E-state index in [2.05, 4.69) is 34.6 Å². The van der Waals surface area contributed by atoms with Crippen LogP contribution < -0.4 is 0 Å². The molecule has 0 N–H and O–H groups in total. The smallest absolute Gasteiger partial charge is 0.306 e. The molecule has 67 heavy (non-hydrogen) atoms. The summed E-state index contributed by atoms with van der Waals surface area (Å²) in [6, 6.07) is 0. The van der Waals surface area contributed by atoms with Crippen molar-refractivity contribution in [3.05, 3.63) is 0 Å². The molecule has 0 bridgehead atoms. The van der Waals surface area contributed by atoms with Gasteiger partial charge < -0.3 is 14.2 Å². The summed E-state index contributed by atoms with van der Waals surface area (Å²) in [6.45, 7) is 11.4. The van der Waals surface area contributed by atoms with E-state index in [4.69, 9.17) is 14.2 Å². The van der Waals surface area contributed by atoms with Gasteiger partial charge in [-0.15, -0.1) is 0 Å². The minimum atomic E-state index is -0.762. The first-order chi connectivity index (χ1) is 32.7. The number of carbonyl (C=O) groups excluding carboxylic acids is 3. The fraction of sp³-hybridized carbons (Fsp3) is 0.951. The van der Waals surface area contributed by atoms with Crippen molar-refractivity contribution in [3.63, 3.8) is 0 Å². The van der Waals surface area contributed by atoms with Gasteiger partial charge in [0.25, 0.3) is 0 Å². The average molecular weight is 948 g/mol. The molecular weight excluding hydrogens is 829 g/mol. The van der Waals surface area contributed by atoms with Crippen LogP contribution >= 0.6 is 0 Å². The van der Waals surface area contributed by atoms with Crippen molar-refractivity contribution in [2.75, 3.05) is 13.2 Å². The zero-order valence-electron chi connectivity index (χ0n) is 46.0. The second kappa shape index (κ2) is 53.8. The number of esters is 3. The Bertz CT molecular complexity index is 1020. The summed E-state index contributed by atoms with van der Waals surface area (Å²) in [7, 11) is 0. The van der Waals surface area contributed by atoms with E-state index in [9.17, 15) is 14.4 Å². The summed E-state index contributed by atoms with van der Waals surface area (Å²) < 4.78 is 16.9. The number of rotatable bonds is 55. The lowest BCUT2D eigenvalue weighted by Crippen LogP contribution is -2.30. The van der Waals surface area contributed by atoms with Crippen LogP contribution in [-0.4, -0.2) is 37.2 Å². The lowest BCUT2D eigenvalue weighted by Gasteiger charge is -2.18. The van der Waals surface area contributed by atoms with Crippen molar-refractivity contribution in [3.8, 4) is 0 Å². The van der Waals surface area contributed by atoms with Crippen LogP contribution in [0.15, 0.2) is 0 Å². The summed E-state index contributed by atoms with van der Waals surface area (Å²) in [5.74, 6) is 0.872. The predicted octanol–water partition coefficient (Wildman–Crippen LogP) is 20.0. The molecule has 0 spiro atoms. The Kier molecular flexibility index (Phi) is 52.5. The third-order valence-corrected chi connectivity index (χ3v) is 14.0. The third-order valence-electron chi connectivity index (χ3n) is 14.0. The van der Waals surface area contributed by atoms with Gasteiger partial charge >= 0.3 is 17.9 Å². The third kappa shape index (κ3) is 55.2. The van der Waals surface area contributed by atoms with Gasteiger partial charge in [-0.25, -0.2) is 0 Å². The van der Waals surface area contributed by atoms with E-state index >= 15 is 0 Å². The summed E-state index contributed by atoms with van der Waals surface area (Å²) in [6.07, 6.45) is 58.2. The maximum atomic E-state index is 12.9. The number of carbonyl (C=O) groups is 3. The van der Waals surface area contributed by atoms with E-state index < -0.39 is 6.10 Å². The molecule has 6 nitrogen and oxygen atoms in total. The molecule has 0 heterocycles. The van der Waals surface area contributed by atoms with Crippen LogP contribution in [0.3, 0.4) is 0 Å². The van der Waals surface area contributed by atoms with Gasteiger partial charge in [0, 0.05) is 19.3 Å². The van der Waals surface area contributed by atoms with E-state index in [0.717, 1.165) is 69.6 Å². The van der Waals surface area contributed by atoms with Crippen molar-refractivity contribution < 1.29 is 28.6 Å². The number of hydrogen-bond acceptors (Lipinski definition) is 6. The highest BCUT2D eigenvalue weighted by Gasteiger charge is 2.19. The molecule has 6 heteroatoms. The molecule has 398 valence electrons. The van der Waals surface area contributed by atoms with E-state index in [0.29, 0.717) is 19.3 Å². The lowest BCUT2D eigenvalue weighted by atomic mass is 10.0. The molecule has 0 aliphatic heterocycles. The molecule has 0 fully saturated rings. The maximum absolute atomic E-state index is 12.9. The molecule has 0 aromatic rings. The number of hydrogen-bond donors (Lipinski definition) is 0. The molecular formula is C61H118O6. The van der Waals surface area contributed by atoms with Crippen LogP contribution in [0.25, 0.3) is 0 Å². The zero-order valence-corrected chi connectivity index (χ0v) is 46.0. The van der Waals surface area contributed by atoms with E-state index in [1.165, 1.54) is 231 Å². The summed E-state index contributed by atoms with van der Waals surface area (Å²) in [5, 5.41) is 0. The summed E-state index contributed by atoms with van der Waals surface area (Å²) >= 11 is 0. The lowest BCUT2D eigenvalue weighted by molar-refractivity contribution is -0.167. The van der Waals surface area contributed by atoms with Crippen LogP contribution in [0.4, 0.5) is 0 Å². The van der Waals surface area contributed by atoms with Gasteiger partial charge in [-0.05, 0) is 31.1 Å². The molecule has 0 aliphatic rings. The van der Waals surface area contributed by atoms with Crippen LogP contribution in [0.1, 0.15) is 343 Å². The van der Waals surface area contributed by atoms with Crippen molar-refractivity contribution >= 4 is 17.9 Å². The number of unbranched alkanes of at least 4 members (excludes halogenated alkanes) is 40. The van der Waals surface area contributed by atoms with Gasteiger partial charge in [0.1, 0.15) is 13.2 Å². The van der Waals surface area contributed by atoms with Gasteiger partial charge in [-0.2, -0.15) is 0 Å². The fourth-order valence-electron chi connectivity index (χ4n) is 9.40. The second-order valence-corrected chi connectivity index (χ2v) is 21.9. The van der Waals surface area contributed by atoms with E-state index in [-0.39, 0.29) is 31.1 Å². The topological polar surface area (TPSA) is 78.9 Å². The molecule has 1 atom stereocenters. The Morgan fingerprint density at radius 3 is 0.731 bits per heavy atom. The minimum Gasteiger partial charge on any atom is -0.462 e. The molecule has 0 aromatic heterocycles. The first-order valence-electron chi connectivity index (χ1n) is 30.2. The largest absolute Gasteiger partial charge is 0.462 e. The van der Waals surface area contributed by atoms with Crippen molar-refractivity contribution in [2.24, 2.45) is 11.8 Å². The molecule has 0 amide bonds. The molecule has 0 rings (SSSR count). The predicted molar refractivity (Wildman–Crippen MR) is 289 cm³/mol. The SMILES string of the molecule is CCCCCCCCCCCC(=O)OC[C@H](COC(=O)CCCCCCCCCCCCCCCCCCCCC(C)C)OC(=O)CCCCCCCCCCCCCCCCCCC(C)C. The standard InChI is InChI=1S/C61H118O6/c1-6-7-8-9-10-29-36-41-46-51-59(62)65-54-58(67-61(64)53-48-43-38-33-28-24-20-16-15-18-22-26-31-35-40-45-50-57(4)5)55-66-60(63)52-47-42-37-32-27-23-19-14-12-11-13-17-21-25-30-34-39-44-49-56(2)3/h56-58H,6-55H2,1-5H3/t58-/m1/s1. The first-order valence-corrected chi connectivity index (χ1v) is 30.2. The zero-order chi connectivity index (χ0) is 48.9. The van der Waals surface area contributed by atoms with Gasteiger partial charge in [0.15, 0.2) is 6.10 Å². The monoisotopic (exact) mass is 947 g/mol. The van der Waals surface area contributed by atoms with Gasteiger partial charge in [0.05, 0.1) is 0 Å². The van der Waals surface area contributed by atoms with Gasteiger partial charge in [-0.3, -0.25) is 14.4 Å². The number of ether oxygens (including phenoxy) is 3. The van der Waals surface area contributed by atoms with Crippen LogP contribution in [0.2, 0.25) is 0 Å². The Morgan fingerprint density at radius 1 is 0.284 bits per heavy atom. The molecule has 0 aromatic carbocycles. The normalized spacial score (nSPS) is 12.0. The second-order valence-electron chi connectivity index (χ2n) is 21.9. The van der Waals surface area contributed by atoms with Crippen LogP contribution in [-0.2, 0) is 28.6 Å². The highest BCUT2D eigenvalue weighted by atomic mass is 16.6. The Hall–Kier alpha value is -1.59. The van der Waals surface area contributed by atoms with E-state index in [1.54, 1.807) is 0 Å². The van der Waals surface area contributed by atoms with Crippen LogP contribution in [0.5, 0.6) is 0 Å². The van der Waals surface area contributed by atoms with Crippen LogP contribution in [0, 0.1) is 11.8 Å². The van der Waals surface area contributed by atoms with Gasteiger partial charge in [0.2, 0.25) is 0 Å². The highest BCUT2D eigenvalue weighted by molar-refractivity contribution is 5.71. The Morgan fingerprint density at radius 2 is 0.493 bits per heavy atom. The summed E-state index contributed by atoms with van der Waals surface area (Å²) in [5.41, 5.74) is 0. The van der Waals surface area contributed by atoms with Gasteiger partial charge in [-0.1, -0.05) is 304 Å². The molecule has 0 saturated carbocycles. The summed E-state index contributed by atoms with van der Waals surface area (Å²) in [4.78, 5) is 38.1. The van der Waals surface area contributed by atoms with E-state index in [1.807, 2.05) is 0 Å². The maximum Gasteiger partial charge on any atom is 0.306 e. The fourth-order valence-corrected chi connectivity index (χ4v) is 9.40. The first kappa shape index (κ1) is 65.4. The van der Waals surface area contributed by atoms with Crippen molar-refractivity contribution in [2.45, 2.75) is 349 Å². The van der Waals surface area contributed by atoms with Crippen molar-refractivity contribution in [1.82, 2.24) is 0 Å². The molecule has 0 unspecified atom stereocenters. The average Bonchev–Trinajstić information content (AvgIpc) is 3.30. The minimum absolute atomic E-state index is 0.0624. The molecule has 0 aliphatic carbocycles. The molecule has 0 radical (unpaired) electrons. The Labute approximate surface area is 418 Å². The highest BCUT2D eigenvalue weighted by Crippen LogP contribution is 2.19. The van der Waals surface area contributed by atoms with Crippen molar-refractivity contribution in [1.29, 1.82) is 0 Å². The molecule has 0 saturated heterocycles. The quantitative estimate of drug-likeness (QED) is 0.0343.